The minimum Gasteiger partial charge on any atom is -0.490 e. The summed E-state index contributed by atoms with van der Waals surface area (Å²) in [5.74, 6) is -0.564. The van der Waals surface area contributed by atoms with Gasteiger partial charge in [0.15, 0.2) is 6.61 Å². The molecule has 1 atom stereocenters. The molecule has 3 aromatic rings. The summed E-state index contributed by atoms with van der Waals surface area (Å²) in [6.45, 7) is 2.05. The van der Waals surface area contributed by atoms with Crippen LogP contribution in [0.5, 0.6) is 11.5 Å². The molecule has 0 radical (unpaired) electrons. The predicted octanol–water partition coefficient (Wildman–Crippen LogP) is 5.46. The monoisotopic (exact) mass is 573 g/mol. The van der Waals surface area contributed by atoms with Crippen LogP contribution in [0.4, 0.5) is 5.69 Å². The van der Waals surface area contributed by atoms with Crippen LogP contribution in [0.2, 0.25) is 10.0 Å². The number of nitrogens with zero attached hydrogens (tertiary/aromatic N) is 2. The lowest BCUT2D eigenvalue weighted by molar-refractivity contribution is -0.385. The first-order valence-electron chi connectivity index (χ1n) is 12.2. The third-order valence-electron chi connectivity index (χ3n) is 5.87. The van der Waals surface area contributed by atoms with E-state index in [0.29, 0.717) is 22.2 Å². The van der Waals surface area contributed by atoms with Crippen molar-refractivity contribution in [3.63, 3.8) is 0 Å². The van der Waals surface area contributed by atoms with Crippen molar-refractivity contribution in [3.8, 4) is 11.5 Å². The molecule has 0 aliphatic carbocycles. The molecule has 0 saturated heterocycles. The summed E-state index contributed by atoms with van der Waals surface area (Å²) >= 11 is 12.3. The first kappa shape index (κ1) is 29.7. The van der Waals surface area contributed by atoms with E-state index < -0.39 is 23.5 Å². The van der Waals surface area contributed by atoms with Crippen molar-refractivity contribution in [1.29, 1.82) is 0 Å². The largest absolute Gasteiger partial charge is 0.490 e. The number of benzene rings is 3. The topological polar surface area (TPSA) is 111 Å². The maximum atomic E-state index is 13.6. The average Bonchev–Trinajstić information content (AvgIpc) is 2.94. The molecule has 0 fully saturated rings. The number of hydrogen-bond acceptors (Lipinski definition) is 6. The molecule has 0 heterocycles. The SMILES string of the molecule is CCCNC(=O)[C@H](Cc1ccccc1)N(Cc1ccc(Cl)c(Cl)c1)C(=O)COc1ccc([N+](=O)[O-])c(OC)c1. The fraction of sp³-hybridized carbons (Fsp3) is 0.286. The molecular formula is C28H29Cl2N3O6. The predicted molar refractivity (Wildman–Crippen MR) is 149 cm³/mol. The summed E-state index contributed by atoms with van der Waals surface area (Å²) in [6.07, 6.45) is 1.00. The number of carbonyl (C=O) groups excluding carboxylic acids is 2. The molecule has 0 unspecified atom stereocenters. The molecule has 0 aromatic heterocycles. The molecule has 9 nitrogen and oxygen atoms in total. The summed E-state index contributed by atoms with van der Waals surface area (Å²) in [4.78, 5) is 39.1. The Morgan fingerprint density at radius 2 is 1.77 bits per heavy atom. The van der Waals surface area contributed by atoms with Gasteiger partial charge in [-0.25, -0.2) is 0 Å². The van der Waals surface area contributed by atoms with E-state index in [1.54, 1.807) is 18.2 Å². The van der Waals surface area contributed by atoms with Gasteiger partial charge in [-0.1, -0.05) is 66.5 Å². The van der Waals surface area contributed by atoms with Gasteiger partial charge in [0, 0.05) is 31.6 Å². The molecule has 206 valence electrons. The summed E-state index contributed by atoms with van der Waals surface area (Å²) < 4.78 is 10.8. The molecule has 0 aliphatic heterocycles. The van der Waals surface area contributed by atoms with E-state index in [1.807, 2.05) is 37.3 Å². The molecule has 1 N–H and O–H groups in total. The van der Waals surface area contributed by atoms with Gasteiger partial charge in [-0.05, 0) is 35.7 Å². The van der Waals surface area contributed by atoms with Crippen molar-refractivity contribution in [2.75, 3.05) is 20.3 Å². The molecule has 0 saturated carbocycles. The summed E-state index contributed by atoms with van der Waals surface area (Å²) in [6, 6.07) is 17.5. The van der Waals surface area contributed by atoms with E-state index in [9.17, 15) is 19.7 Å². The lowest BCUT2D eigenvalue weighted by atomic mass is 10.0. The van der Waals surface area contributed by atoms with Gasteiger partial charge in [0.1, 0.15) is 11.8 Å². The van der Waals surface area contributed by atoms with E-state index in [-0.39, 0.29) is 36.1 Å². The van der Waals surface area contributed by atoms with E-state index in [1.165, 1.54) is 30.2 Å². The molecule has 11 heteroatoms. The van der Waals surface area contributed by atoms with Gasteiger partial charge in [0.25, 0.3) is 5.91 Å². The minimum absolute atomic E-state index is 0.00138. The zero-order valence-corrected chi connectivity index (χ0v) is 23.1. The maximum Gasteiger partial charge on any atom is 0.311 e. The lowest BCUT2D eigenvalue weighted by Crippen LogP contribution is -2.51. The molecule has 0 spiro atoms. The van der Waals surface area contributed by atoms with Gasteiger partial charge in [-0.15, -0.1) is 0 Å². The maximum absolute atomic E-state index is 13.6. The highest BCUT2D eigenvalue weighted by Crippen LogP contribution is 2.31. The molecule has 0 bridgehead atoms. The number of rotatable bonds is 13. The van der Waals surface area contributed by atoms with Crippen molar-refractivity contribution in [2.24, 2.45) is 0 Å². The second kappa shape index (κ2) is 14.4. The molecule has 39 heavy (non-hydrogen) atoms. The zero-order valence-electron chi connectivity index (χ0n) is 21.6. The van der Waals surface area contributed by atoms with Crippen LogP contribution < -0.4 is 14.8 Å². The Bertz CT molecular complexity index is 1310. The Hall–Kier alpha value is -3.82. The quantitative estimate of drug-likeness (QED) is 0.215. The molecule has 0 aliphatic rings. The highest BCUT2D eigenvalue weighted by atomic mass is 35.5. The number of nitro benzene ring substituents is 1. The number of nitrogens with one attached hydrogen (secondary N) is 1. The van der Waals surface area contributed by atoms with Crippen LogP contribution in [0.3, 0.4) is 0 Å². The van der Waals surface area contributed by atoms with Crippen molar-refractivity contribution in [1.82, 2.24) is 10.2 Å². The lowest BCUT2D eigenvalue weighted by Gasteiger charge is -2.31. The molecule has 3 aromatic carbocycles. The number of methoxy groups -OCH3 is 1. The standard InChI is InChI=1S/C28H29Cl2N3O6/c1-3-13-31-28(35)25(15-19-7-5-4-6-8-19)32(17-20-9-11-22(29)23(30)14-20)27(34)18-39-21-10-12-24(33(36)37)26(16-21)38-2/h4-12,14,16,25H,3,13,15,17-18H2,1-2H3,(H,31,35)/t25-/m0/s1. The summed E-state index contributed by atoms with van der Waals surface area (Å²) in [5, 5.41) is 14.8. The number of halogens is 2. The first-order chi connectivity index (χ1) is 18.7. The van der Waals surface area contributed by atoms with E-state index in [4.69, 9.17) is 32.7 Å². The summed E-state index contributed by atoms with van der Waals surface area (Å²) in [5.41, 5.74) is 1.33. The summed E-state index contributed by atoms with van der Waals surface area (Å²) in [7, 11) is 1.30. The number of amides is 2. The highest BCUT2D eigenvalue weighted by Gasteiger charge is 2.31. The molecule has 3 rings (SSSR count). The average molecular weight is 574 g/mol. The number of ether oxygens (including phenoxy) is 2. The van der Waals surface area contributed by atoms with Crippen molar-refractivity contribution < 1.29 is 24.0 Å². The van der Waals surface area contributed by atoms with Gasteiger partial charge in [0.2, 0.25) is 11.7 Å². The van der Waals surface area contributed by atoms with Gasteiger partial charge in [0.05, 0.1) is 22.1 Å². The van der Waals surface area contributed by atoms with E-state index in [0.717, 1.165) is 12.0 Å². The third kappa shape index (κ3) is 8.33. The van der Waals surface area contributed by atoms with Crippen LogP contribution in [0.1, 0.15) is 24.5 Å². The fourth-order valence-corrected chi connectivity index (χ4v) is 4.20. The van der Waals surface area contributed by atoms with Crippen LogP contribution in [-0.4, -0.2) is 47.9 Å². The van der Waals surface area contributed by atoms with Gasteiger partial charge >= 0.3 is 5.69 Å². The molecule has 2 amide bonds. The van der Waals surface area contributed by atoms with Crippen LogP contribution in [0.25, 0.3) is 0 Å². The van der Waals surface area contributed by atoms with Crippen LogP contribution >= 0.6 is 23.2 Å². The minimum atomic E-state index is -0.851. The van der Waals surface area contributed by atoms with E-state index in [2.05, 4.69) is 5.32 Å². The van der Waals surface area contributed by atoms with Gasteiger partial charge < -0.3 is 19.7 Å². The van der Waals surface area contributed by atoms with Crippen molar-refractivity contribution in [2.45, 2.75) is 32.4 Å². The highest BCUT2D eigenvalue weighted by molar-refractivity contribution is 6.42. The number of nitro groups is 1. The smallest absolute Gasteiger partial charge is 0.311 e. The third-order valence-corrected chi connectivity index (χ3v) is 6.61. The van der Waals surface area contributed by atoms with Crippen LogP contribution in [0, 0.1) is 10.1 Å². The second-order valence-corrected chi connectivity index (χ2v) is 9.46. The van der Waals surface area contributed by atoms with Crippen molar-refractivity contribution >= 4 is 40.7 Å². The zero-order chi connectivity index (χ0) is 28.4. The molecular weight excluding hydrogens is 545 g/mol. The first-order valence-corrected chi connectivity index (χ1v) is 13.0. The fourth-order valence-electron chi connectivity index (χ4n) is 3.88. The van der Waals surface area contributed by atoms with Crippen molar-refractivity contribution in [3.05, 3.63) is 98.0 Å². The second-order valence-electron chi connectivity index (χ2n) is 8.65. The van der Waals surface area contributed by atoms with Crippen LogP contribution in [0.15, 0.2) is 66.7 Å². The number of hydrogen-bond donors (Lipinski definition) is 1. The Balaban J connectivity index is 1.92. The number of carbonyl (C=O) groups is 2. The Kier molecular flexibility index (Phi) is 11.0. The Labute approximate surface area is 236 Å². The van der Waals surface area contributed by atoms with Crippen LogP contribution in [-0.2, 0) is 22.6 Å². The Morgan fingerprint density at radius 1 is 1.03 bits per heavy atom. The van der Waals surface area contributed by atoms with Gasteiger partial charge in [-0.2, -0.15) is 0 Å². The van der Waals surface area contributed by atoms with E-state index >= 15 is 0 Å². The normalized spacial score (nSPS) is 11.4. The Morgan fingerprint density at radius 3 is 2.41 bits per heavy atom. The van der Waals surface area contributed by atoms with Gasteiger partial charge in [-0.3, -0.25) is 19.7 Å².